The fourth-order valence-electron chi connectivity index (χ4n) is 1.83. The van der Waals surface area contributed by atoms with Crippen LogP contribution in [0.2, 0.25) is 0 Å². The van der Waals surface area contributed by atoms with E-state index in [0.29, 0.717) is 6.04 Å². The molecule has 1 saturated carbocycles. The molecule has 0 unspecified atom stereocenters. The maximum absolute atomic E-state index is 8.74. The first-order chi connectivity index (χ1) is 6.42. The summed E-state index contributed by atoms with van der Waals surface area (Å²) in [7, 11) is 1.37. The molecule has 0 aromatic carbocycles. The molecule has 5 heteroatoms. The van der Waals surface area contributed by atoms with Crippen molar-refractivity contribution in [3.05, 3.63) is 12.3 Å². The lowest BCUT2D eigenvalue weighted by molar-refractivity contribution is 0.435. The highest BCUT2D eigenvalue weighted by Crippen LogP contribution is 2.35. The predicted molar refractivity (Wildman–Crippen MR) is 55.8 cm³/mol. The van der Waals surface area contributed by atoms with E-state index < -0.39 is 0 Å². The molecular formula is C8H12N2OS2. The van der Waals surface area contributed by atoms with Gasteiger partial charge in [0.1, 0.15) is 5.03 Å². The Bertz CT molecular complexity index is 271. The highest BCUT2D eigenvalue weighted by atomic mass is 33.1. The van der Waals surface area contributed by atoms with Crippen LogP contribution in [0.5, 0.6) is 0 Å². The average Bonchev–Trinajstić information content (AvgIpc) is 2.71. The van der Waals surface area contributed by atoms with Crippen molar-refractivity contribution in [3.8, 4) is 0 Å². The molecule has 0 saturated heterocycles. The van der Waals surface area contributed by atoms with Gasteiger partial charge in [0.15, 0.2) is 0 Å². The second-order valence-electron chi connectivity index (χ2n) is 3.21. The minimum atomic E-state index is 0.560. The summed E-state index contributed by atoms with van der Waals surface area (Å²) >= 11 is 0.788. The third-order valence-corrected chi connectivity index (χ3v) is 3.73. The third-order valence-electron chi connectivity index (χ3n) is 2.43. The number of rotatable bonds is 3. The molecule has 1 heterocycles. The molecule has 72 valence electrons. The van der Waals surface area contributed by atoms with Crippen molar-refractivity contribution in [1.82, 2.24) is 9.78 Å². The molecule has 0 spiro atoms. The van der Waals surface area contributed by atoms with Crippen LogP contribution in [0.25, 0.3) is 0 Å². The van der Waals surface area contributed by atoms with E-state index in [4.69, 9.17) is 4.55 Å². The van der Waals surface area contributed by atoms with E-state index in [1.165, 1.54) is 36.5 Å². The van der Waals surface area contributed by atoms with Gasteiger partial charge in [-0.15, -0.1) is 0 Å². The highest BCUT2D eigenvalue weighted by molar-refractivity contribution is 8.74. The van der Waals surface area contributed by atoms with Crippen molar-refractivity contribution < 1.29 is 4.55 Å². The summed E-state index contributed by atoms with van der Waals surface area (Å²) in [6.45, 7) is 0. The molecule has 0 aliphatic heterocycles. The van der Waals surface area contributed by atoms with Gasteiger partial charge in [-0.1, -0.05) is 12.8 Å². The number of aromatic nitrogens is 2. The first-order valence-electron chi connectivity index (χ1n) is 4.43. The molecule has 2 rings (SSSR count). The van der Waals surface area contributed by atoms with Gasteiger partial charge in [0.2, 0.25) is 0 Å². The predicted octanol–water partition coefficient (Wildman–Crippen LogP) is 3.21. The smallest absolute Gasteiger partial charge is 0.107 e. The average molecular weight is 216 g/mol. The largest absolute Gasteiger partial charge is 0.320 e. The molecule has 0 atom stereocenters. The topological polar surface area (TPSA) is 38.1 Å². The quantitative estimate of drug-likeness (QED) is 0.622. The Hall–Kier alpha value is -0.130. The summed E-state index contributed by atoms with van der Waals surface area (Å²) in [6.07, 6.45) is 6.87. The van der Waals surface area contributed by atoms with Crippen molar-refractivity contribution in [1.29, 1.82) is 0 Å². The first-order valence-corrected chi connectivity index (χ1v) is 6.54. The number of hydrogen-bond acceptors (Lipinski definition) is 4. The van der Waals surface area contributed by atoms with Crippen LogP contribution in [0.15, 0.2) is 17.3 Å². The summed E-state index contributed by atoms with van der Waals surface area (Å²) in [4.78, 5) is 0. The Balaban J connectivity index is 2.13. The van der Waals surface area contributed by atoms with E-state index in [2.05, 4.69) is 5.10 Å². The summed E-state index contributed by atoms with van der Waals surface area (Å²) in [5.74, 6) is 0. The molecule has 1 N–H and O–H groups in total. The Labute approximate surface area is 85.5 Å². The maximum Gasteiger partial charge on any atom is 0.107 e. The van der Waals surface area contributed by atoms with Gasteiger partial charge in [-0.05, 0) is 29.7 Å². The fourth-order valence-corrected chi connectivity index (χ4v) is 2.92. The van der Waals surface area contributed by atoms with Gasteiger partial charge < -0.3 is 4.55 Å². The normalized spacial score (nSPS) is 18.2. The Morgan fingerprint density at radius 1 is 1.46 bits per heavy atom. The molecule has 1 aliphatic rings. The lowest BCUT2D eigenvalue weighted by atomic mass is 10.3. The van der Waals surface area contributed by atoms with E-state index in [-0.39, 0.29) is 0 Å². The van der Waals surface area contributed by atoms with Crippen LogP contribution in [0.4, 0.5) is 0 Å². The molecule has 0 bridgehead atoms. The second kappa shape index (κ2) is 4.39. The van der Waals surface area contributed by atoms with Gasteiger partial charge in [0, 0.05) is 0 Å². The SMILES string of the molecule is OSSc1ccnn1C1CCCC1. The zero-order valence-electron chi connectivity index (χ0n) is 7.22. The van der Waals surface area contributed by atoms with Crippen LogP contribution in [-0.2, 0) is 0 Å². The molecule has 3 nitrogen and oxygen atoms in total. The van der Waals surface area contributed by atoms with Crippen LogP contribution >= 0.6 is 21.9 Å². The van der Waals surface area contributed by atoms with Gasteiger partial charge in [-0.25, -0.2) is 0 Å². The van der Waals surface area contributed by atoms with Gasteiger partial charge in [0.05, 0.1) is 23.3 Å². The summed E-state index contributed by atoms with van der Waals surface area (Å²) in [5.41, 5.74) is 0. The van der Waals surface area contributed by atoms with E-state index >= 15 is 0 Å². The first kappa shape index (κ1) is 9.43. The van der Waals surface area contributed by atoms with Crippen molar-refractivity contribution >= 4 is 21.9 Å². The van der Waals surface area contributed by atoms with E-state index in [1.807, 2.05) is 10.7 Å². The molecule has 0 amide bonds. The van der Waals surface area contributed by atoms with Crippen molar-refractivity contribution in [2.75, 3.05) is 0 Å². The molecule has 0 radical (unpaired) electrons. The monoisotopic (exact) mass is 216 g/mol. The van der Waals surface area contributed by atoms with Gasteiger partial charge >= 0.3 is 0 Å². The van der Waals surface area contributed by atoms with Crippen molar-refractivity contribution in [3.63, 3.8) is 0 Å². The lowest BCUT2D eigenvalue weighted by Gasteiger charge is -2.12. The summed E-state index contributed by atoms with van der Waals surface area (Å²) in [6, 6.07) is 2.51. The van der Waals surface area contributed by atoms with Gasteiger partial charge in [0.25, 0.3) is 0 Å². The molecule has 1 fully saturated rings. The molecule has 1 aromatic heterocycles. The standard InChI is InChI=1S/C8H12N2OS2/c11-13-12-8-5-6-9-10(8)7-3-1-2-4-7/h5-7,11H,1-4H2. The van der Waals surface area contributed by atoms with Crippen LogP contribution in [-0.4, -0.2) is 14.3 Å². The molecule has 13 heavy (non-hydrogen) atoms. The van der Waals surface area contributed by atoms with E-state index in [9.17, 15) is 0 Å². The van der Waals surface area contributed by atoms with E-state index in [0.717, 1.165) is 16.1 Å². The minimum Gasteiger partial charge on any atom is -0.320 e. The van der Waals surface area contributed by atoms with Gasteiger partial charge in [-0.3, -0.25) is 4.68 Å². The maximum atomic E-state index is 8.74. The second-order valence-corrected chi connectivity index (χ2v) is 4.89. The fraction of sp³-hybridized carbons (Fsp3) is 0.625. The molecule has 1 aromatic rings. The van der Waals surface area contributed by atoms with Gasteiger partial charge in [-0.2, -0.15) is 5.10 Å². The number of nitrogens with zero attached hydrogens (tertiary/aromatic N) is 2. The van der Waals surface area contributed by atoms with Crippen LogP contribution in [0.1, 0.15) is 31.7 Å². The van der Waals surface area contributed by atoms with Crippen molar-refractivity contribution in [2.45, 2.75) is 36.8 Å². The summed E-state index contributed by atoms with van der Waals surface area (Å²) in [5, 5.41) is 5.34. The van der Waals surface area contributed by atoms with Crippen LogP contribution in [0, 0.1) is 0 Å². The lowest BCUT2D eigenvalue weighted by Crippen LogP contribution is -2.06. The van der Waals surface area contributed by atoms with Crippen LogP contribution in [0.3, 0.4) is 0 Å². The van der Waals surface area contributed by atoms with Crippen molar-refractivity contribution in [2.24, 2.45) is 0 Å². The minimum absolute atomic E-state index is 0.560. The van der Waals surface area contributed by atoms with Crippen LogP contribution < -0.4 is 0 Å². The summed E-state index contributed by atoms with van der Waals surface area (Å²) < 4.78 is 10.8. The Morgan fingerprint density at radius 3 is 2.92 bits per heavy atom. The zero-order chi connectivity index (χ0) is 9.10. The van der Waals surface area contributed by atoms with E-state index in [1.54, 1.807) is 6.20 Å². The molecule has 1 aliphatic carbocycles. The Kier molecular flexibility index (Phi) is 3.18. The molecular weight excluding hydrogens is 204 g/mol. The number of hydrogen-bond donors (Lipinski definition) is 1. The zero-order valence-corrected chi connectivity index (χ0v) is 8.85. The Morgan fingerprint density at radius 2 is 2.23 bits per heavy atom. The third kappa shape index (κ3) is 2.03. The highest BCUT2D eigenvalue weighted by Gasteiger charge is 2.19.